The number of nitrogens with one attached hydrogen (secondary N) is 1. The van der Waals surface area contributed by atoms with E-state index in [1.165, 1.54) is 6.42 Å². The van der Waals surface area contributed by atoms with E-state index in [0.29, 0.717) is 24.6 Å². The van der Waals surface area contributed by atoms with Gasteiger partial charge in [-0.3, -0.25) is 9.59 Å². The van der Waals surface area contributed by atoms with Crippen LogP contribution in [0.4, 0.5) is 5.82 Å². The van der Waals surface area contributed by atoms with Crippen molar-refractivity contribution in [1.29, 1.82) is 0 Å². The number of piperidine rings is 1. The van der Waals surface area contributed by atoms with Gasteiger partial charge in [0, 0.05) is 25.6 Å². The molecule has 160 valence electrons. The van der Waals surface area contributed by atoms with E-state index in [1.54, 1.807) is 6.07 Å². The average molecular weight is 404 g/mol. The Bertz CT molecular complexity index is 703. The van der Waals surface area contributed by atoms with E-state index >= 15 is 0 Å². The summed E-state index contributed by atoms with van der Waals surface area (Å²) in [6.45, 7) is 4.03. The number of carboxylic acid groups (broad SMARTS) is 1. The molecular weight excluding hydrogens is 370 g/mol. The van der Waals surface area contributed by atoms with Gasteiger partial charge in [0.05, 0.1) is 6.61 Å². The summed E-state index contributed by atoms with van der Waals surface area (Å²) in [5.41, 5.74) is 0.479. The third kappa shape index (κ3) is 6.08. The molecule has 3 rings (SSSR count). The van der Waals surface area contributed by atoms with Crippen molar-refractivity contribution >= 4 is 17.7 Å². The van der Waals surface area contributed by atoms with Gasteiger partial charge >= 0.3 is 5.97 Å². The van der Waals surface area contributed by atoms with Gasteiger partial charge in [-0.1, -0.05) is 26.2 Å². The van der Waals surface area contributed by atoms with E-state index in [1.807, 2.05) is 13.0 Å². The Morgan fingerprint density at radius 2 is 2.00 bits per heavy atom. The summed E-state index contributed by atoms with van der Waals surface area (Å²) < 4.78 is 5.83. The molecule has 0 spiro atoms. The Hall–Kier alpha value is -2.31. The molecule has 0 unspecified atom stereocenters. The van der Waals surface area contributed by atoms with Gasteiger partial charge in [-0.25, -0.2) is 0 Å². The number of carbonyl (C=O) groups is 2. The Labute approximate surface area is 172 Å². The van der Waals surface area contributed by atoms with Crippen molar-refractivity contribution in [3.05, 3.63) is 17.7 Å². The minimum atomic E-state index is -0.758. The maximum atomic E-state index is 12.8. The molecule has 2 aliphatic rings. The molecule has 2 N–H and O–H groups in total. The topological polar surface area (TPSA) is 91.8 Å². The quantitative estimate of drug-likeness (QED) is 0.689. The van der Waals surface area contributed by atoms with Gasteiger partial charge in [0.2, 0.25) is 5.88 Å². The van der Waals surface area contributed by atoms with E-state index in [0.717, 1.165) is 57.3 Å². The van der Waals surface area contributed by atoms with Crippen LogP contribution in [0.1, 0.15) is 75.1 Å². The van der Waals surface area contributed by atoms with Crippen LogP contribution in [0.3, 0.4) is 0 Å². The predicted octanol–water partition coefficient (Wildman–Crippen LogP) is 3.62. The van der Waals surface area contributed by atoms with Crippen LogP contribution in [0.5, 0.6) is 5.88 Å². The summed E-state index contributed by atoms with van der Waals surface area (Å²) in [6, 6.07) is 3.89. The van der Waals surface area contributed by atoms with E-state index in [-0.39, 0.29) is 24.3 Å². The molecule has 0 radical (unpaired) electrons. The molecular formula is C22H33N3O4. The largest absolute Gasteiger partial charge is 0.481 e. The molecule has 7 heteroatoms. The van der Waals surface area contributed by atoms with E-state index in [2.05, 4.69) is 15.2 Å². The number of carboxylic acids is 1. The maximum absolute atomic E-state index is 12.8. The summed E-state index contributed by atoms with van der Waals surface area (Å²) in [4.78, 5) is 30.7. The minimum Gasteiger partial charge on any atom is -0.481 e. The highest BCUT2D eigenvalue weighted by molar-refractivity contribution is 5.96. The third-order valence-electron chi connectivity index (χ3n) is 5.78. The normalized spacial score (nSPS) is 20.3. The fourth-order valence-electron chi connectivity index (χ4n) is 4.29. The first-order valence-electron chi connectivity index (χ1n) is 11.0. The Balaban J connectivity index is 1.74. The van der Waals surface area contributed by atoms with Gasteiger partial charge in [0.1, 0.15) is 11.4 Å². The Morgan fingerprint density at radius 1 is 1.21 bits per heavy atom. The zero-order valence-electron chi connectivity index (χ0n) is 17.4. The van der Waals surface area contributed by atoms with E-state index in [4.69, 9.17) is 9.84 Å². The number of amides is 1. The fraction of sp³-hybridized carbons (Fsp3) is 0.682. The van der Waals surface area contributed by atoms with Gasteiger partial charge in [0.15, 0.2) is 0 Å². The molecule has 1 atom stereocenters. The molecule has 1 amide bonds. The molecule has 0 bridgehead atoms. The van der Waals surface area contributed by atoms with Gasteiger partial charge in [-0.2, -0.15) is 4.98 Å². The molecule has 1 aliphatic carbocycles. The van der Waals surface area contributed by atoms with Crippen molar-refractivity contribution in [3.8, 4) is 5.88 Å². The van der Waals surface area contributed by atoms with Crippen LogP contribution in [0.15, 0.2) is 12.1 Å². The average Bonchev–Trinajstić information content (AvgIpc) is 2.72. The molecule has 2 heterocycles. The predicted molar refractivity (Wildman–Crippen MR) is 112 cm³/mol. The molecule has 29 heavy (non-hydrogen) atoms. The number of aliphatic carboxylic acids is 1. The standard InChI is InChI=1S/C22H33N3O4/c1-2-13-29-22-18(21(28)23-17-8-4-3-5-9-17)10-11-19(24-22)25-12-6-7-16(15-25)14-20(26)27/h10-11,16-17H,2-9,12-15H2,1H3,(H,23,28)(H,26,27)/t16-/m0/s1. The number of rotatable bonds is 8. The van der Waals surface area contributed by atoms with Crippen molar-refractivity contribution in [2.24, 2.45) is 5.92 Å². The number of aromatic nitrogens is 1. The summed E-state index contributed by atoms with van der Waals surface area (Å²) >= 11 is 0. The van der Waals surface area contributed by atoms with Crippen LogP contribution in [-0.2, 0) is 4.79 Å². The van der Waals surface area contributed by atoms with Crippen LogP contribution in [0, 0.1) is 5.92 Å². The zero-order valence-corrected chi connectivity index (χ0v) is 17.4. The van der Waals surface area contributed by atoms with Gasteiger partial charge < -0.3 is 20.1 Å². The van der Waals surface area contributed by atoms with Crippen molar-refractivity contribution in [2.45, 2.75) is 70.8 Å². The minimum absolute atomic E-state index is 0.121. The summed E-state index contributed by atoms with van der Waals surface area (Å²) in [5, 5.41) is 12.2. The molecule has 1 aliphatic heterocycles. The molecule has 2 fully saturated rings. The molecule has 1 aromatic rings. The van der Waals surface area contributed by atoms with Gasteiger partial charge in [-0.15, -0.1) is 0 Å². The van der Waals surface area contributed by atoms with Gasteiger partial charge in [0.25, 0.3) is 5.91 Å². The molecule has 7 nitrogen and oxygen atoms in total. The molecule has 0 aromatic carbocycles. The number of hydrogen-bond acceptors (Lipinski definition) is 5. The number of anilines is 1. The second-order valence-electron chi connectivity index (χ2n) is 8.23. The van der Waals surface area contributed by atoms with Crippen LogP contribution < -0.4 is 15.0 Å². The fourth-order valence-corrected chi connectivity index (χ4v) is 4.29. The maximum Gasteiger partial charge on any atom is 0.303 e. The lowest BCUT2D eigenvalue weighted by Crippen LogP contribution is -2.38. The molecule has 1 saturated carbocycles. The highest BCUT2D eigenvalue weighted by atomic mass is 16.5. The van der Waals surface area contributed by atoms with Crippen LogP contribution >= 0.6 is 0 Å². The highest BCUT2D eigenvalue weighted by Gasteiger charge is 2.25. The first kappa shape index (κ1) is 21.4. The lowest BCUT2D eigenvalue weighted by Gasteiger charge is -2.33. The first-order chi connectivity index (χ1) is 14.1. The zero-order chi connectivity index (χ0) is 20.6. The highest BCUT2D eigenvalue weighted by Crippen LogP contribution is 2.27. The number of ether oxygens (including phenoxy) is 1. The third-order valence-corrected chi connectivity index (χ3v) is 5.78. The monoisotopic (exact) mass is 403 g/mol. The van der Waals surface area contributed by atoms with Crippen LogP contribution in [0.25, 0.3) is 0 Å². The Kier molecular flexibility index (Phi) is 7.72. The van der Waals surface area contributed by atoms with Crippen molar-refractivity contribution in [3.63, 3.8) is 0 Å². The number of hydrogen-bond donors (Lipinski definition) is 2. The van der Waals surface area contributed by atoms with Gasteiger partial charge in [-0.05, 0) is 50.2 Å². The summed E-state index contributed by atoms with van der Waals surface area (Å²) in [5.74, 6) is 0.367. The van der Waals surface area contributed by atoms with Crippen LogP contribution in [0.2, 0.25) is 0 Å². The second-order valence-corrected chi connectivity index (χ2v) is 8.23. The van der Waals surface area contributed by atoms with Crippen molar-refractivity contribution in [2.75, 3.05) is 24.6 Å². The van der Waals surface area contributed by atoms with Crippen molar-refractivity contribution in [1.82, 2.24) is 10.3 Å². The number of nitrogens with zero attached hydrogens (tertiary/aromatic N) is 2. The number of carbonyl (C=O) groups excluding carboxylic acids is 1. The SMILES string of the molecule is CCCOc1nc(N2CCC[C@@H](CC(=O)O)C2)ccc1C(=O)NC1CCCCC1. The number of pyridine rings is 1. The van der Waals surface area contributed by atoms with Crippen LogP contribution in [-0.4, -0.2) is 47.7 Å². The van der Waals surface area contributed by atoms with Crippen molar-refractivity contribution < 1.29 is 19.4 Å². The Morgan fingerprint density at radius 3 is 2.72 bits per heavy atom. The second kappa shape index (κ2) is 10.5. The smallest absolute Gasteiger partial charge is 0.303 e. The summed E-state index contributed by atoms with van der Waals surface area (Å²) in [6.07, 6.45) is 8.49. The van der Waals surface area contributed by atoms with E-state index < -0.39 is 5.97 Å². The van der Waals surface area contributed by atoms with E-state index in [9.17, 15) is 9.59 Å². The first-order valence-corrected chi connectivity index (χ1v) is 11.0. The molecule has 1 aromatic heterocycles. The summed E-state index contributed by atoms with van der Waals surface area (Å²) in [7, 11) is 0. The lowest BCUT2D eigenvalue weighted by molar-refractivity contribution is -0.138. The lowest BCUT2D eigenvalue weighted by atomic mass is 9.95. The molecule has 1 saturated heterocycles.